The molecule has 0 heterocycles. The second kappa shape index (κ2) is 3.47. The first-order chi connectivity index (χ1) is 5.11. The predicted molar refractivity (Wildman–Crippen MR) is 49.0 cm³/mol. The molecule has 60 valence electrons. The number of hydrogen-bond acceptors (Lipinski definition) is 0. The Morgan fingerprint density at radius 2 is 2.09 bits per heavy atom. The first-order valence-corrected chi connectivity index (χ1v) is 4.40. The van der Waals surface area contributed by atoms with E-state index in [1.807, 2.05) is 0 Å². The van der Waals surface area contributed by atoms with Crippen LogP contribution in [0.3, 0.4) is 0 Å². The zero-order valence-corrected chi connectivity index (χ0v) is 8.10. The molecule has 0 saturated carbocycles. The smallest absolute Gasteiger partial charge is 0.176 e. The molecule has 1 unspecified atom stereocenters. The molecule has 0 aliphatic heterocycles. The first kappa shape index (κ1) is 8.90. The first-order valence-electron chi connectivity index (χ1n) is 3.15. The summed E-state index contributed by atoms with van der Waals surface area (Å²) in [4.78, 5) is 0. The highest BCUT2D eigenvalue weighted by atomic mass is 127. The number of aryl methyl sites for hydroxylation is 1. The third kappa shape index (κ3) is 2.12. The molecule has 0 nitrogen and oxygen atoms in total. The molecule has 0 saturated heterocycles. The molecule has 0 bridgehead atoms. The van der Waals surface area contributed by atoms with Gasteiger partial charge >= 0.3 is 0 Å². The topological polar surface area (TPSA) is 0 Å². The summed E-state index contributed by atoms with van der Waals surface area (Å²) in [6, 6.07) is 4.40. The maximum atomic E-state index is 12.8. The molecular formula is C8H7F2I. The zero-order chi connectivity index (χ0) is 8.43. The van der Waals surface area contributed by atoms with Crippen LogP contribution >= 0.6 is 22.6 Å². The van der Waals surface area contributed by atoms with Gasteiger partial charge in [-0.1, -0.05) is 12.1 Å². The monoisotopic (exact) mass is 268 g/mol. The summed E-state index contributed by atoms with van der Waals surface area (Å²) >= 11 is 1.60. The van der Waals surface area contributed by atoms with Gasteiger partial charge in [-0.15, -0.1) is 0 Å². The molecule has 1 aromatic carbocycles. The molecule has 1 atom stereocenters. The molecule has 1 aromatic rings. The van der Waals surface area contributed by atoms with Gasteiger partial charge in [0, 0.05) is 0 Å². The standard InChI is InChI=1S/C8H7F2I/c1-5-2-3-6(8(10)11)4-7(5)9/h2-4,8H,1H3. The van der Waals surface area contributed by atoms with Crippen molar-refractivity contribution < 1.29 is 8.78 Å². The van der Waals surface area contributed by atoms with E-state index in [0.717, 1.165) is 0 Å². The molecule has 0 aliphatic carbocycles. The summed E-state index contributed by atoms with van der Waals surface area (Å²) in [5.41, 5.74) is 0.930. The number of hydrogen-bond donors (Lipinski definition) is 0. The summed E-state index contributed by atoms with van der Waals surface area (Å²) < 4.78 is 24.2. The van der Waals surface area contributed by atoms with Crippen LogP contribution in [0, 0.1) is 12.7 Å². The highest BCUT2D eigenvalue weighted by molar-refractivity contribution is 14.1. The van der Waals surface area contributed by atoms with Crippen molar-refractivity contribution in [2.45, 2.75) is 11.1 Å². The molecule has 0 N–H and O–H groups in total. The normalized spacial score (nSPS) is 13.1. The van der Waals surface area contributed by atoms with E-state index >= 15 is 0 Å². The van der Waals surface area contributed by atoms with Crippen molar-refractivity contribution >= 4 is 22.6 Å². The van der Waals surface area contributed by atoms with Crippen LogP contribution in [0.15, 0.2) is 18.2 Å². The summed E-state index contributed by atoms with van der Waals surface area (Å²) in [5.74, 6) is -0.346. The lowest BCUT2D eigenvalue weighted by molar-refractivity contribution is 0.487. The van der Waals surface area contributed by atoms with Crippen molar-refractivity contribution in [2.24, 2.45) is 0 Å². The Balaban J connectivity index is 3.05. The van der Waals surface area contributed by atoms with Gasteiger partial charge < -0.3 is 0 Å². The van der Waals surface area contributed by atoms with Gasteiger partial charge in [0.05, 0.1) is 0 Å². The maximum absolute atomic E-state index is 12.8. The Morgan fingerprint density at radius 1 is 1.45 bits per heavy atom. The zero-order valence-electron chi connectivity index (χ0n) is 5.94. The quantitative estimate of drug-likeness (QED) is 0.540. The minimum Gasteiger partial charge on any atom is -0.231 e. The van der Waals surface area contributed by atoms with E-state index in [1.165, 1.54) is 6.07 Å². The van der Waals surface area contributed by atoms with E-state index in [4.69, 9.17) is 0 Å². The molecule has 1 rings (SSSR count). The molecule has 0 amide bonds. The average molecular weight is 268 g/mol. The Labute approximate surface area is 77.8 Å². The van der Waals surface area contributed by atoms with Crippen LogP contribution in [0.4, 0.5) is 8.78 Å². The number of benzene rings is 1. The molecule has 11 heavy (non-hydrogen) atoms. The minimum atomic E-state index is -1.12. The van der Waals surface area contributed by atoms with E-state index in [0.29, 0.717) is 11.1 Å². The van der Waals surface area contributed by atoms with Crippen LogP contribution in [-0.2, 0) is 0 Å². The average Bonchev–Trinajstić information content (AvgIpc) is 1.94. The predicted octanol–water partition coefficient (Wildman–Crippen LogP) is 3.54. The highest BCUT2D eigenvalue weighted by Gasteiger charge is 2.06. The van der Waals surface area contributed by atoms with Crippen LogP contribution in [0.2, 0.25) is 0 Å². The summed E-state index contributed by atoms with van der Waals surface area (Å²) in [7, 11) is 0. The van der Waals surface area contributed by atoms with Crippen molar-refractivity contribution in [1.29, 1.82) is 0 Å². The maximum Gasteiger partial charge on any atom is 0.176 e. The third-order valence-electron chi connectivity index (χ3n) is 1.45. The summed E-state index contributed by atoms with van der Waals surface area (Å²) in [6.07, 6.45) is 0. The van der Waals surface area contributed by atoms with Crippen LogP contribution in [0.1, 0.15) is 15.3 Å². The Bertz CT molecular complexity index is 258. The Kier molecular flexibility index (Phi) is 2.81. The van der Waals surface area contributed by atoms with Crippen LogP contribution in [0.5, 0.6) is 0 Å². The van der Waals surface area contributed by atoms with Crippen molar-refractivity contribution in [2.75, 3.05) is 0 Å². The lowest BCUT2D eigenvalue weighted by Gasteiger charge is -2.01. The molecule has 3 heteroatoms. The molecule has 0 aromatic heterocycles. The lowest BCUT2D eigenvalue weighted by atomic mass is 10.1. The van der Waals surface area contributed by atoms with Crippen LogP contribution in [0.25, 0.3) is 0 Å². The van der Waals surface area contributed by atoms with Gasteiger partial charge in [0.25, 0.3) is 0 Å². The third-order valence-corrected chi connectivity index (χ3v) is 2.17. The van der Waals surface area contributed by atoms with Gasteiger partial charge in [-0.25, -0.2) is 8.78 Å². The van der Waals surface area contributed by atoms with Gasteiger partial charge in [0.2, 0.25) is 0 Å². The second-order valence-electron chi connectivity index (χ2n) is 2.31. The molecular weight excluding hydrogens is 261 g/mol. The number of rotatable bonds is 1. The summed E-state index contributed by atoms with van der Waals surface area (Å²) in [6.45, 7) is 1.65. The highest BCUT2D eigenvalue weighted by Crippen LogP contribution is 2.25. The Morgan fingerprint density at radius 3 is 2.55 bits per heavy atom. The van der Waals surface area contributed by atoms with Gasteiger partial charge in [-0.3, -0.25) is 0 Å². The van der Waals surface area contributed by atoms with Crippen molar-refractivity contribution in [3.8, 4) is 0 Å². The van der Waals surface area contributed by atoms with Gasteiger partial charge in [0.1, 0.15) is 5.82 Å². The number of halogens is 3. The van der Waals surface area contributed by atoms with Gasteiger partial charge in [-0.2, -0.15) is 0 Å². The number of alkyl halides is 2. The largest absolute Gasteiger partial charge is 0.231 e. The van der Waals surface area contributed by atoms with E-state index < -0.39 is 4.18 Å². The van der Waals surface area contributed by atoms with E-state index in [1.54, 1.807) is 41.6 Å². The Hall–Kier alpha value is -0.190. The SMILES string of the molecule is Cc1ccc(C(F)I)cc1F. The van der Waals surface area contributed by atoms with Gasteiger partial charge in [-0.05, 0) is 46.7 Å². The van der Waals surface area contributed by atoms with Crippen molar-refractivity contribution in [3.05, 3.63) is 35.1 Å². The van der Waals surface area contributed by atoms with Gasteiger partial charge in [0.15, 0.2) is 4.18 Å². The van der Waals surface area contributed by atoms with Crippen LogP contribution < -0.4 is 0 Å². The molecule has 0 spiro atoms. The van der Waals surface area contributed by atoms with E-state index in [-0.39, 0.29) is 5.82 Å². The summed E-state index contributed by atoms with van der Waals surface area (Å²) in [5, 5.41) is 0. The molecule has 0 aliphatic rings. The van der Waals surface area contributed by atoms with E-state index in [9.17, 15) is 8.78 Å². The van der Waals surface area contributed by atoms with Crippen molar-refractivity contribution in [3.63, 3.8) is 0 Å². The van der Waals surface area contributed by atoms with Crippen LogP contribution in [-0.4, -0.2) is 0 Å². The molecule has 0 radical (unpaired) electrons. The lowest BCUT2D eigenvalue weighted by Crippen LogP contribution is -1.86. The fourth-order valence-corrected chi connectivity index (χ4v) is 1.13. The van der Waals surface area contributed by atoms with Crippen molar-refractivity contribution in [1.82, 2.24) is 0 Å². The fourth-order valence-electron chi connectivity index (χ4n) is 0.745. The van der Waals surface area contributed by atoms with E-state index in [2.05, 4.69) is 0 Å². The minimum absolute atomic E-state index is 0.346. The second-order valence-corrected chi connectivity index (χ2v) is 3.40. The molecule has 0 fully saturated rings. The fraction of sp³-hybridized carbons (Fsp3) is 0.250.